The van der Waals surface area contributed by atoms with Crippen LogP contribution in [0.5, 0.6) is 0 Å². The Morgan fingerprint density at radius 3 is 2.62 bits per heavy atom. The molecule has 1 atom stereocenters. The Labute approximate surface area is 182 Å². The molecular weight excluding hydrogens is 412 g/mol. The second kappa shape index (κ2) is 7.60. The lowest BCUT2D eigenvalue weighted by Gasteiger charge is -2.21. The summed E-state index contributed by atoms with van der Waals surface area (Å²) in [5.74, 6) is -3.13. The van der Waals surface area contributed by atoms with Crippen LogP contribution >= 0.6 is 0 Å². The van der Waals surface area contributed by atoms with Gasteiger partial charge in [-0.25, -0.2) is 8.78 Å². The molecule has 1 aliphatic carbocycles. The Hall–Kier alpha value is -4.00. The van der Waals surface area contributed by atoms with Gasteiger partial charge in [0.15, 0.2) is 11.6 Å². The van der Waals surface area contributed by atoms with Gasteiger partial charge in [-0.15, -0.1) is 0 Å². The summed E-state index contributed by atoms with van der Waals surface area (Å²) >= 11 is 0. The molecule has 3 aromatic rings. The number of carbonyl (C=O) groups excluding carboxylic acids is 2. The number of aromatic nitrogens is 1. The van der Waals surface area contributed by atoms with E-state index in [1.165, 1.54) is 17.2 Å². The van der Waals surface area contributed by atoms with Crippen LogP contribution in [0, 0.1) is 11.6 Å². The zero-order chi connectivity index (χ0) is 22.4. The van der Waals surface area contributed by atoms with Gasteiger partial charge in [-0.1, -0.05) is 31.2 Å². The highest BCUT2D eigenvalue weighted by molar-refractivity contribution is 6.21. The molecule has 0 saturated heterocycles. The first-order valence-electron chi connectivity index (χ1n) is 10.2. The quantitative estimate of drug-likeness (QED) is 0.636. The molecule has 0 bridgehead atoms. The highest BCUT2D eigenvalue weighted by atomic mass is 19.2. The molecule has 160 valence electrons. The summed E-state index contributed by atoms with van der Waals surface area (Å²) in [5.41, 5.74) is 3.43. The maximum atomic E-state index is 13.8. The maximum Gasteiger partial charge on any atom is 0.259 e. The van der Waals surface area contributed by atoms with Gasteiger partial charge in [-0.2, -0.15) is 0 Å². The van der Waals surface area contributed by atoms with Crippen LogP contribution in [0.3, 0.4) is 0 Å². The number of nitrogens with one attached hydrogen (secondary N) is 2. The van der Waals surface area contributed by atoms with Crippen molar-refractivity contribution < 1.29 is 18.4 Å². The number of hydrogen-bond donors (Lipinski definition) is 2. The Morgan fingerprint density at radius 1 is 1.12 bits per heavy atom. The van der Waals surface area contributed by atoms with Crippen molar-refractivity contribution in [2.24, 2.45) is 0 Å². The van der Waals surface area contributed by atoms with Crippen molar-refractivity contribution in [3.8, 4) is 0 Å². The molecular formula is C25H19F2N3O2. The Morgan fingerprint density at radius 2 is 1.91 bits per heavy atom. The largest absolute Gasteiger partial charge is 0.354 e. The first-order valence-corrected chi connectivity index (χ1v) is 10.2. The Balaban J connectivity index is 1.61. The lowest BCUT2D eigenvalue weighted by molar-refractivity contribution is -0.114. The van der Waals surface area contributed by atoms with E-state index in [4.69, 9.17) is 0 Å². The number of rotatable bonds is 3. The Bertz CT molecular complexity index is 1370. The summed E-state index contributed by atoms with van der Waals surface area (Å²) in [5, 5.41) is 3.80. The summed E-state index contributed by atoms with van der Waals surface area (Å²) in [7, 11) is 0. The molecule has 2 aliphatic rings. The third-order valence-corrected chi connectivity index (χ3v) is 5.75. The molecule has 5 nitrogen and oxygen atoms in total. The molecule has 32 heavy (non-hydrogen) atoms. The van der Waals surface area contributed by atoms with E-state index in [2.05, 4.69) is 10.3 Å². The van der Waals surface area contributed by atoms with Crippen LogP contribution < -0.4 is 5.32 Å². The van der Waals surface area contributed by atoms with Gasteiger partial charge in [-0.05, 0) is 42.0 Å². The molecule has 0 spiro atoms. The molecule has 2 amide bonds. The van der Waals surface area contributed by atoms with E-state index in [1.54, 1.807) is 12.2 Å². The van der Waals surface area contributed by atoms with E-state index in [0.29, 0.717) is 11.4 Å². The number of fused-ring (bicyclic) bond motifs is 3. The number of allylic oxidation sites excluding steroid dienone is 3. The molecule has 1 unspecified atom stereocenters. The fourth-order valence-corrected chi connectivity index (χ4v) is 4.13. The third kappa shape index (κ3) is 3.32. The zero-order valence-corrected chi connectivity index (χ0v) is 17.2. The van der Waals surface area contributed by atoms with Crippen LogP contribution in [0.15, 0.2) is 72.6 Å². The van der Waals surface area contributed by atoms with Crippen molar-refractivity contribution in [1.29, 1.82) is 0 Å². The second-order valence-electron chi connectivity index (χ2n) is 7.92. The predicted molar refractivity (Wildman–Crippen MR) is 117 cm³/mol. The van der Waals surface area contributed by atoms with Gasteiger partial charge in [0.2, 0.25) is 0 Å². The number of amides is 2. The number of carbonyl (C=O) groups is 2. The molecule has 5 rings (SSSR count). The average molecular weight is 431 g/mol. The van der Waals surface area contributed by atoms with E-state index >= 15 is 0 Å². The van der Waals surface area contributed by atoms with Gasteiger partial charge in [0, 0.05) is 40.8 Å². The van der Waals surface area contributed by atoms with Crippen LogP contribution in [-0.2, 0) is 4.79 Å². The summed E-state index contributed by atoms with van der Waals surface area (Å²) in [6, 6.07) is 10.8. The van der Waals surface area contributed by atoms with Gasteiger partial charge >= 0.3 is 0 Å². The van der Waals surface area contributed by atoms with Gasteiger partial charge < -0.3 is 15.2 Å². The van der Waals surface area contributed by atoms with E-state index in [0.717, 1.165) is 28.6 Å². The summed E-state index contributed by atoms with van der Waals surface area (Å²) in [6.07, 6.45) is 6.84. The lowest BCUT2D eigenvalue weighted by Crippen LogP contribution is -2.30. The van der Waals surface area contributed by atoms with Gasteiger partial charge in [0.05, 0.1) is 11.3 Å². The maximum absolute atomic E-state index is 13.8. The fourth-order valence-electron chi connectivity index (χ4n) is 4.13. The molecule has 1 aromatic heterocycles. The SMILES string of the molecule is CC1CN(C(=O)c2ccc(F)c(F)c2)C=C(C(=O)NC2=CC=C2)c2[nH]c3ccccc3c21. The average Bonchev–Trinajstić information content (AvgIpc) is 3.07. The lowest BCUT2D eigenvalue weighted by atomic mass is 9.95. The van der Waals surface area contributed by atoms with Crippen LogP contribution in [-0.4, -0.2) is 28.2 Å². The highest BCUT2D eigenvalue weighted by Gasteiger charge is 2.31. The van der Waals surface area contributed by atoms with E-state index < -0.39 is 17.5 Å². The predicted octanol–water partition coefficient (Wildman–Crippen LogP) is 4.62. The van der Waals surface area contributed by atoms with Gasteiger partial charge in [-0.3, -0.25) is 9.59 Å². The third-order valence-electron chi connectivity index (χ3n) is 5.75. The summed E-state index contributed by atoms with van der Waals surface area (Å²) < 4.78 is 27.1. The van der Waals surface area contributed by atoms with Crippen molar-refractivity contribution in [2.45, 2.75) is 12.8 Å². The molecule has 0 radical (unpaired) electrons. The minimum atomic E-state index is -1.10. The number of benzene rings is 2. The minimum Gasteiger partial charge on any atom is -0.354 e. The second-order valence-corrected chi connectivity index (χ2v) is 7.92. The Kier molecular flexibility index (Phi) is 4.74. The zero-order valence-electron chi connectivity index (χ0n) is 17.2. The number of H-pyrrole nitrogens is 1. The number of para-hydroxylation sites is 1. The van der Waals surface area contributed by atoms with Crippen molar-refractivity contribution in [1.82, 2.24) is 15.2 Å². The monoisotopic (exact) mass is 431 g/mol. The minimum absolute atomic E-state index is 0.00663. The topological polar surface area (TPSA) is 65.2 Å². The number of aromatic amines is 1. The standard InChI is InChI=1S/C25H19F2N3O2/c1-14-12-30(25(32)15-9-10-19(26)20(27)11-15)13-18(24(31)28-16-5-4-6-16)23-22(14)17-7-2-3-8-21(17)29-23/h2-11,13-14,29H,12H2,1H3,(H,28,31). The molecule has 0 saturated carbocycles. The molecule has 0 fully saturated rings. The van der Waals surface area contributed by atoms with E-state index in [1.807, 2.05) is 37.3 Å². The first kappa shape index (κ1) is 19.9. The van der Waals surface area contributed by atoms with Crippen LogP contribution in [0.2, 0.25) is 0 Å². The normalized spacial score (nSPS) is 17.2. The summed E-state index contributed by atoms with van der Waals surface area (Å²) in [4.78, 5) is 31.1. The van der Waals surface area contributed by atoms with Crippen molar-refractivity contribution in [3.05, 3.63) is 101 Å². The molecule has 2 aromatic carbocycles. The first-order chi connectivity index (χ1) is 15.4. The molecule has 7 heteroatoms. The van der Waals surface area contributed by atoms with Crippen LogP contribution in [0.4, 0.5) is 8.78 Å². The van der Waals surface area contributed by atoms with Crippen molar-refractivity contribution >= 4 is 28.3 Å². The number of halogens is 2. The molecule has 1 aliphatic heterocycles. The van der Waals surface area contributed by atoms with E-state index in [9.17, 15) is 18.4 Å². The number of hydrogen-bond acceptors (Lipinski definition) is 2. The smallest absolute Gasteiger partial charge is 0.259 e. The summed E-state index contributed by atoms with van der Waals surface area (Å²) in [6.45, 7) is 2.24. The van der Waals surface area contributed by atoms with Gasteiger partial charge in [0.25, 0.3) is 11.8 Å². The van der Waals surface area contributed by atoms with Crippen LogP contribution in [0.25, 0.3) is 16.5 Å². The van der Waals surface area contributed by atoms with E-state index in [-0.39, 0.29) is 29.5 Å². The fraction of sp³-hybridized carbons (Fsp3) is 0.120. The molecule has 2 heterocycles. The number of nitrogens with zero attached hydrogens (tertiary/aromatic N) is 1. The molecule has 2 N–H and O–H groups in total. The van der Waals surface area contributed by atoms with Crippen molar-refractivity contribution in [2.75, 3.05) is 6.54 Å². The van der Waals surface area contributed by atoms with Crippen LogP contribution in [0.1, 0.15) is 34.5 Å². The van der Waals surface area contributed by atoms with Gasteiger partial charge in [0.1, 0.15) is 0 Å². The van der Waals surface area contributed by atoms with Crippen molar-refractivity contribution in [3.63, 3.8) is 0 Å². The highest BCUT2D eigenvalue weighted by Crippen LogP contribution is 2.37.